The largest absolute Gasteiger partial charge is 0.352 e. The number of rotatable bonds is 8. The molecule has 3 aliphatic rings. The lowest BCUT2D eigenvalue weighted by Gasteiger charge is -2.31. The van der Waals surface area contributed by atoms with Crippen molar-refractivity contribution in [2.24, 2.45) is 11.8 Å². The Bertz CT molecular complexity index is 961. The molecule has 0 bridgehead atoms. The summed E-state index contributed by atoms with van der Waals surface area (Å²) >= 11 is 3.43. The van der Waals surface area contributed by atoms with Crippen molar-refractivity contribution in [3.05, 3.63) is 46.5 Å². The van der Waals surface area contributed by atoms with Crippen molar-refractivity contribution in [1.29, 1.82) is 0 Å². The van der Waals surface area contributed by atoms with Crippen LogP contribution in [-0.2, 0) is 25.7 Å². The van der Waals surface area contributed by atoms with Gasteiger partial charge in [-0.2, -0.15) is 0 Å². The van der Waals surface area contributed by atoms with Gasteiger partial charge in [0.2, 0.25) is 23.6 Å². The van der Waals surface area contributed by atoms with Crippen LogP contribution in [0.5, 0.6) is 0 Å². The minimum atomic E-state index is -0.662. The molecule has 8 heteroatoms. The van der Waals surface area contributed by atoms with E-state index in [2.05, 4.69) is 21.2 Å². The average molecular weight is 544 g/mol. The monoisotopic (exact) mass is 543 g/mol. The second kappa shape index (κ2) is 11.5. The second-order valence-electron chi connectivity index (χ2n) is 9.90. The van der Waals surface area contributed by atoms with E-state index in [0.29, 0.717) is 12.8 Å². The molecule has 1 N–H and O–H groups in total. The van der Waals surface area contributed by atoms with Crippen LogP contribution in [-0.4, -0.2) is 52.1 Å². The molecule has 1 saturated carbocycles. The standard InChI is InChI=1S/C27H34BrN3O4/c1-18(25(33)29-21-7-3-2-4-8-21)31(17-19-11-13-20(28)14-12-19)24(32)15-16-30-26(34)22-9-5-6-10-23(22)27(30)35/h5-6,11-14,18,21-23H,2-4,7-10,15-17H2,1H3,(H,29,33)/t18?,22-,23+. The van der Waals surface area contributed by atoms with Crippen molar-refractivity contribution in [3.8, 4) is 0 Å². The first-order chi connectivity index (χ1) is 16.8. The average Bonchev–Trinajstić information content (AvgIpc) is 3.11. The third-order valence-electron chi connectivity index (χ3n) is 7.53. The maximum absolute atomic E-state index is 13.4. The van der Waals surface area contributed by atoms with Crippen LogP contribution in [0.2, 0.25) is 0 Å². The lowest BCUT2D eigenvalue weighted by atomic mass is 9.85. The Morgan fingerprint density at radius 2 is 1.63 bits per heavy atom. The minimum Gasteiger partial charge on any atom is -0.352 e. The predicted octanol–water partition coefficient (Wildman–Crippen LogP) is 3.96. The zero-order chi connectivity index (χ0) is 24.9. The fourth-order valence-electron chi connectivity index (χ4n) is 5.38. The molecule has 1 heterocycles. The zero-order valence-corrected chi connectivity index (χ0v) is 21.8. The van der Waals surface area contributed by atoms with E-state index >= 15 is 0 Å². The molecule has 2 fully saturated rings. The van der Waals surface area contributed by atoms with Crippen molar-refractivity contribution < 1.29 is 19.2 Å². The zero-order valence-electron chi connectivity index (χ0n) is 20.2. The van der Waals surface area contributed by atoms with E-state index in [0.717, 1.165) is 35.7 Å². The van der Waals surface area contributed by atoms with Crippen LogP contribution in [0.3, 0.4) is 0 Å². The maximum atomic E-state index is 13.4. The number of hydrogen-bond donors (Lipinski definition) is 1. The van der Waals surface area contributed by atoms with Crippen LogP contribution in [0.25, 0.3) is 0 Å². The summed E-state index contributed by atoms with van der Waals surface area (Å²) in [5.41, 5.74) is 0.907. The molecule has 35 heavy (non-hydrogen) atoms. The second-order valence-corrected chi connectivity index (χ2v) is 10.8. The Morgan fingerprint density at radius 3 is 2.23 bits per heavy atom. The molecule has 1 aromatic carbocycles. The van der Waals surface area contributed by atoms with Crippen molar-refractivity contribution in [2.75, 3.05) is 6.54 Å². The first-order valence-corrected chi connectivity index (χ1v) is 13.5. The van der Waals surface area contributed by atoms with E-state index in [9.17, 15) is 19.2 Å². The summed E-state index contributed by atoms with van der Waals surface area (Å²) in [4.78, 5) is 54.9. The highest BCUT2D eigenvalue weighted by Gasteiger charge is 2.47. The Balaban J connectivity index is 1.44. The summed E-state index contributed by atoms with van der Waals surface area (Å²) < 4.78 is 0.934. The van der Waals surface area contributed by atoms with E-state index in [1.54, 1.807) is 11.8 Å². The molecular weight excluding hydrogens is 510 g/mol. The molecule has 1 aliphatic heterocycles. The van der Waals surface area contributed by atoms with Crippen LogP contribution in [0, 0.1) is 11.8 Å². The predicted molar refractivity (Wildman–Crippen MR) is 136 cm³/mol. The van der Waals surface area contributed by atoms with Gasteiger partial charge in [0.15, 0.2) is 0 Å². The third kappa shape index (κ3) is 6.02. The molecule has 1 unspecified atom stereocenters. The number of nitrogens with zero attached hydrogens (tertiary/aromatic N) is 2. The Labute approximate surface area is 215 Å². The summed E-state index contributed by atoms with van der Waals surface area (Å²) in [6.07, 6.45) is 10.4. The number of amides is 4. The molecule has 188 valence electrons. The molecule has 2 aliphatic carbocycles. The Morgan fingerprint density at radius 1 is 1.03 bits per heavy atom. The third-order valence-corrected chi connectivity index (χ3v) is 8.06. The molecule has 1 saturated heterocycles. The number of carbonyl (C=O) groups is 4. The van der Waals surface area contributed by atoms with Gasteiger partial charge >= 0.3 is 0 Å². The van der Waals surface area contributed by atoms with E-state index in [1.165, 1.54) is 11.3 Å². The fourth-order valence-corrected chi connectivity index (χ4v) is 5.64. The number of hydrogen-bond acceptors (Lipinski definition) is 4. The van der Waals surface area contributed by atoms with Gasteiger partial charge in [-0.1, -0.05) is 59.5 Å². The Hall–Kier alpha value is -2.48. The van der Waals surface area contributed by atoms with E-state index in [-0.39, 0.29) is 61.0 Å². The lowest BCUT2D eigenvalue weighted by Crippen LogP contribution is -2.51. The van der Waals surface area contributed by atoms with Crippen molar-refractivity contribution in [1.82, 2.24) is 15.1 Å². The summed E-state index contributed by atoms with van der Waals surface area (Å²) in [6, 6.07) is 7.14. The van der Waals surface area contributed by atoms with Gasteiger partial charge in [-0.15, -0.1) is 0 Å². The molecular formula is C27H34BrN3O4. The van der Waals surface area contributed by atoms with E-state index in [4.69, 9.17) is 0 Å². The topological polar surface area (TPSA) is 86.8 Å². The number of likely N-dealkylation sites (tertiary alicyclic amines) is 1. The first kappa shape index (κ1) is 25.6. The van der Waals surface area contributed by atoms with Crippen LogP contribution < -0.4 is 5.32 Å². The number of benzene rings is 1. The van der Waals surface area contributed by atoms with E-state index < -0.39 is 6.04 Å². The summed E-state index contributed by atoms with van der Waals surface area (Å²) in [6.45, 7) is 2.08. The van der Waals surface area contributed by atoms with Crippen LogP contribution in [0.4, 0.5) is 0 Å². The van der Waals surface area contributed by atoms with Gasteiger partial charge in [0.05, 0.1) is 11.8 Å². The molecule has 0 aromatic heterocycles. The SMILES string of the molecule is CC(C(=O)NC1CCCCC1)N(Cc1ccc(Br)cc1)C(=O)CCN1C(=O)[C@H]2CC=CC[C@H]2C1=O. The molecule has 4 amide bonds. The molecule has 7 nitrogen and oxygen atoms in total. The molecule has 0 spiro atoms. The molecule has 1 aromatic rings. The smallest absolute Gasteiger partial charge is 0.242 e. The number of halogens is 1. The highest BCUT2D eigenvalue weighted by molar-refractivity contribution is 9.10. The van der Waals surface area contributed by atoms with Crippen LogP contribution >= 0.6 is 15.9 Å². The van der Waals surface area contributed by atoms with Gasteiger partial charge in [-0.3, -0.25) is 24.1 Å². The molecule has 3 atom stereocenters. The number of nitrogens with one attached hydrogen (secondary N) is 1. The van der Waals surface area contributed by atoms with Crippen molar-refractivity contribution in [3.63, 3.8) is 0 Å². The highest BCUT2D eigenvalue weighted by atomic mass is 79.9. The van der Waals surface area contributed by atoms with Crippen LogP contribution in [0.15, 0.2) is 40.9 Å². The van der Waals surface area contributed by atoms with E-state index in [1.807, 2.05) is 36.4 Å². The maximum Gasteiger partial charge on any atom is 0.242 e. The minimum absolute atomic E-state index is 0.00191. The number of fused-ring (bicyclic) bond motifs is 1. The van der Waals surface area contributed by atoms with Gasteiger partial charge in [0.1, 0.15) is 6.04 Å². The summed E-state index contributed by atoms with van der Waals surface area (Å²) in [5, 5.41) is 3.13. The number of imide groups is 1. The lowest BCUT2D eigenvalue weighted by molar-refractivity contribution is -0.144. The molecule has 4 rings (SSSR count). The highest BCUT2D eigenvalue weighted by Crippen LogP contribution is 2.35. The summed E-state index contributed by atoms with van der Waals surface area (Å²) in [5.74, 6) is -1.37. The van der Waals surface area contributed by atoms with Gasteiger partial charge in [0.25, 0.3) is 0 Å². The molecule has 0 radical (unpaired) electrons. The van der Waals surface area contributed by atoms with Crippen molar-refractivity contribution >= 4 is 39.6 Å². The normalized spacial score (nSPS) is 23.2. The Kier molecular flexibility index (Phi) is 8.42. The first-order valence-electron chi connectivity index (χ1n) is 12.7. The van der Waals surface area contributed by atoms with Gasteiger partial charge in [-0.05, 0) is 50.3 Å². The number of carbonyl (C=O) groups excluding carboxylic acids is 4. The number of allylic oxidation sites excluding steroid dienone is 2. The van der Waals surface area contributed by atoms with Crippen molar-refractivity contribution in [2.45, 2.75) is 76.9 Å². The fraction of sp³-hybridized carbons (Fsp3) is 0.556. The summed E-state index contributed by atoms with van der Waals surface area (Å²) in [7, 11) is 0. The van der Waals surface area contributed by atoms with Gasteiger partial charge < -0.3 is 10.2 Å². The quantitative estimate of drug-likeness (QED) is 0.397. The van der Waals surface area contributed by atoms with Gasteiger partial charge in [-0.25, -0.2) is 0 Å². The van der Waals surface area contributed by atoms with Crippen LogP contribution in [0.1, 0.15) is 63.9 Å². The van der Waals surface area contributed by atoms with Gasteiger partial charge in [0, 0.05) is 30.0 Å².